The molecular weight excluding hydrogens is 306 g/mol. The molecule has 1 amide bonds. The molecule has 0 atom stereocenters. The Balaban J connectivity index is 2.17. The van der Waals surface area contributed by atoms with Crippen molar-refractivity contribution >= 4 is 17.7 Å². The van der Waals surface area contributed by atoms with E-state index in [0.717, 1.165) is 0 Å². The molecule has 5 heteroatoms. The zero-order valence-electron chi connectivity index (χ0n) is 14.0. The number of nitrogens with one attached hydrogen (secondary N) is 1. The molecule has 0 saturated carbocycles. The molecule has 0 spiro atoms. The molecule has 2 rings (SSSR count). The quantitative estimate of drug-likeness (QED) is 0.787. The van der Waals surface area contributed by atoms with E-state index in [4.69, 9.17) is 14.2 Å². The largest absolute Gasteiger partial charge is 0.496 e. The van der Waals surface area contributed by atoms with Crippen LogP contribution in [-0.2, 0) is 4.79 Å². The maximum Gasteiger partial charge on any atom is 0.248 e. The fraction of sp³-hybridized carbons (Fsp3) is 0.211. The highest BCUT2D eigenvalue weighted by Gasteiger charge is 2.08. The molecule has 0 aliphatic heterocycles. The van der Waals surface area contributed by atoms with E-state index in [9.17, 15) is 4.79 Å². The van der Waals surface area contributed by atoms with Gasteiger partial charge in [0.05, 0.1) is 32.1 Å². The van der Waals surface area contributed by atoms with Crippen molar-refractivity contribution in [2.45, 2.75) is 6.92 Å². The van der Waals surface area contributed by atoms with E-state index >= 15 is 0 Å². The van der Waals surface area contributed by atoms with E-state index in [2.05, 4.69) is 5.32 Å². The van der Waals surface area contributed by atoms with Gasteiger partial charge in [-0.1, -0.05) is 18.2 Å². The highest BCUT2D eigenvalue weighted by atomic mass is 16.5. The van der Waals surface area contributed by atoms with Crippen LogP contribution >= 0.6 is 0 Å². The molecule has 1 N–H and O–H groups in total. The predicted octanol–water partition coefficient (Wildman–Crippen LogP) is 3.75. The van der Waals surface area contributed by atoms with E-state index in [1.165, 1.54) is 6.08 Å². The Bertz CT molecular complexity index is 703. The molecule has 0 aromatic heterocycles. The van der Waals surface area contributed by atoms with Gasteiger partial charge < -0.3 is 19.5 Å². The zero-order chi connectivity index (χ0) is 17.4. The second-order valence-corrected chi connectivity index (χ2v) is 4.83. The summed E-state index contributed by atoms with van der Waals surface area (Å²) in [4.78, 5) is 12.2. The van der Waals surface area contributed by atoms with Gasteiger partial charge in [-0.2, -0.15) is 0 Å². The van der Waals surface area contributed by atoms with E-state index < -0.39 is 0 Å². The Hall–Kier alpha value is -2.95. The molecule has 0 aliphatic carbocycles. The van der Waals surface area contributed by atoms with Crippen LogP contribution in [0.3, 0.4) is 0 Å². The molecule has 0 fully saturated rings. The van der Waals surface area contributed by atoms with Crippen LogP contribution in [0.2, 0.25) is 0 Å². The Morgan fingerprint density at radius 3 is 2.25 bits per heavy atom. The van der Waals surface area contributed by atoms with Crippen LogP contribution in [0.25, 0.3) is 6.08 Å². The second-order valence-electron chi connectivity index (χ2n) is 4.83. The molecule has 5 nitrogen and oxygen atoms in total. The number of benzene rings is 2. The third kappa shape index (κ3) is 4.29. The van der Waals surface area contributed by atoms with Crippen LogP contribution in [0.15, 0.2) is 48.5 Å². The van der Waals surface area contributed by atoms with Crippen molar-refractivity contribution in [1.82, 2.24) is 0 Å². The molecule has 2 aromatic carbocycles. The minimum absolute atomic E-state index is 0.268. The molecule has 2 aromatic rings. The summed E-state index contributed by atoms with van der Waals surface area (Å²) in [5.74, 6) is 1.63. The number of methoxy groups -OCH3 is 2. The van der Waals surface area contributed by atoms with Crippen molar-refractivity contribution in [3.63, 3.8) is 0 Å². The van der Waals surface area contributed by atoms with Crippen molar-refractivity contribution in [3.8, 4) is 17.2 Å². The molecule has 0 saturated heterocycles. The lowest BCUT2D eigenvalue weighted by atomic mass is 10.1. The number of rotatable bonds is 7. The van der Waals surface area contributed by atoms with Crippen LogP contribution in [-0.4, -0.2) is 26.7 Å². The summed E-state index contributed by atoms with van der Waals surface area (Å²) in [7, 11) is 3.15. The summed E-state index contributed by atoms with van der Waals surface area (Å²) in [6.07, 6.45) is 3.10. The van der Waals surface area contributed by atoms with Gasteiger partial charge in [-0.3, -0.25) is 4.79 Å². The Labute approximate surface area is 141 Å². The van der Waals surface area contributed by atoms with Gasteiger partial charge in [0, 0.05) is 6.08 Å². The van der Waals surface area contributed by atoms with Crippen molar-refractivity contribution in [2.24, 2.45) is 0 Å². The number of para-hydroxylation sites is 2. The first-order chi connectivity index (χ1) is 11.7. The lowest BCUT2D eigenvalue weighted by molar-refractivity contribution is -0.111. The first-order valence-electron chi connectivity index (χ1n) is 7.61. The smallest absolute Gasteiger partial charge is 0.248 e. The van der Waals surface area contributed by atoms with Gasteiger partial charge in [0.25, 0.3) is 0 Å². The fourth-order valence-electron chi connectivity index (χ4n) is 2.23. The number of carbonyl (C=O) groups is 1. The third-order valence-corrected chi connectivity index (χ3v) is 3.31. The van der Waals surface area contributed by atoms with Gasteiger partial charge in [0.15, 0.2) is 0 Å². The summed E-state index contributed by atoms with van der Waals surface area (Å²) in [5.41, 5.74) is 1.33. The number of ether oxygens (including phenoxy) is 3. The SMILES string of the molecule is CCOc1ccccc1NC(=O)/C=C/c1c(OC)cccc1OC. The van der Waals surface area contributed by atoms with Crippen LogP contribution in [0.4, 0.5) is 5.69 Å². The lowest BCUT2D eigenvalue weighted by Crippen LogP contribution is -2.09. The van der Waals surface area contributed by atoms with Crippen LogP contribution in [0.1, 0.15) is 12.5 Å². The summed E-state index contributed by atoms with van der Waals surface area (Å²) < 4.78 is 16.1. The Kier molecular flexibility index (Phi) is 6.25. The maximum absolute atomic E-state index is 12.2. The highest BCUT2D eigenvalue weighted by Crippen LogP contribution is 2.29. The molecule has 0 unspecified atom stereocenters. The van der Waals surface area contributed by atoms with Crippen molar-refractivity contribution < 1.29 is 19.0 Å². The van der Waals surface area contributed by atoms with Crippen molar-refractivity contribution in [3.05, 3.63) is 54.1 Å². The monoisotopic (exact) mass is 327 g/mol. The van der Waals surface area contributed by atoms with Gasteiger partial charge in [-0.15, -0.1) is 0 Å². The minimum Gasteiger partial charge on any atom is -0.496 e. The molecule has 0 radical (unpaired) electrons. The summed E-state index contributed by atoms with van der Waals surface area (Å²) >= 11 is 0. The number of hydrogen-bond donors (Lipinski definition) is 1. The van der Waals surface area contributed by atoms with Crippen molar-refractivity contribution in [2.75, 3.05) is 26.1 Å². The molecule has 126 valence electrons. The summed E-state index contributed by atoms with van der Waals surface area (Å²) in [6, 6.07) is 12.7. The van der Waals surface area contributed by atoms with Crippen LogP contribution in [0, 0.1) is 0 Å². The summed E-state index contributed by atoms with van der Waals surface area (Å²) in [6.45, 7) is 2.42. The van der Waals surface area contributed by atoms with Crippen LogP contribution in [0.5, 0.6) is 17.2 Å². The van der Waals surface area contributed by atoms with E-state index in [-0.39, 0.29) is 5.91 Å². The first-order valence-corrected chi connectivity index (χ1v) is 7.61. The lowest BCUT2D eigenvalue weighted by Gasteiger charge is -2.11. The van der Waals surface area contributed by atoms with Crippen molar-refractivity contribution in [1.29, 1.82) is 0 Å². The number of hydrogen-bond acceptors (Lipinski definition) is 4. The molecular formula is C19H21NO4. The standard InChI is InChI=1S/C19H21NO4/c1-4-24-18-9-6-5-8-15(18)20-19(21)13-12-14-16(22-2)10-7-11-17(14)23-3/h5-13H,4H2,1-3H3,(H,20,21)/b13-12+. The second kappa shape index (κ2) is 8.62. The first kappa shape index (κ1) is 17.4. The number of carbonyl (C=O) groups excluding carboxylic acids is 1. The topological polar surface area (TPSA) is 56.8 Å². The van der Waals surface area contributed by atoms with Gasteiger partial charge in [-0.25, -0.2) is 0 Å². The Morgan fingerprint density at radius 1 is 1.00 bits per heavy atom. The fourth-order valence-corrected chi connectivity index (χ4v) is 2.23. The molecule has 0 bridgehead atoms. The van der Waals surface area contributed by atoms with Gasteiger partial charge in [0.1, 0.15) is 17.2 Å². The minimum atomic E-state index is -0.268. The van der Waals surface area contributed by atoms with E-state index in [0.29, 0.717) is 35.1 Å². The van der Waals surface area contributed by atoms with E-state index in [1.807, 2.05) is 43.3 Å². The highest BCUT2D eigenvalue weighted by molar-refractivity contribution is 6.03. The normalized spacial score (nSPS) is 10.5. The molecule has 0 aliphatic rings. The van der Waals surface area contributed by atoms with E-state index in [1.54, 1.807) is 26.4 Å². The predicted molar refractivity (Wildman–Crippen MR) is 94.8 cm³/mol. The Morgan fingerprint density at radius 2 is 1.62 bits per heavy atom. The zero-order valence-corrected chi connectivity index (χ0v) is 14.0. The maximum atomic E-state index is 12.2. The molecule has 24 heavy (non-hydrogen) atoms. The average Bonchev–Trinajstić information content (AvgIpc) is 2.61. The third-order valence-electron chi connectivity index (χ3n) is 3.31. The average molecular weight is 327 g/mol. The molecule has 0 heterocycles. The van der Waals surface area contributed by atoms with Gasteiger partial charge in [0.2, 0.25) is 5.91 Å². The summed E-state index contributed by atoms with van der Waals surface area (Å²) in [5, 5.41) is 2.81. The number of anilines is 1. The number of amides is 1. The van der Waals surface area contributed by atoms with Gasteiger partial charge >= 0.3 is 0 Å². The van der Waals surface area contributed by atoms with Crippen LogP contribution < -0.4 is 19.5 Å². The van der Waals surface area contributed by atoms with Gasteiger partial charge in [-0.05, 0) is 37.3 Å².